The van der Waals surface area contributed by atoms with Crippen LogP contribution in [0.15, 0.2) is 34.8 Å². The number of hydrogen-bond acceptors (Lipinski definition) is 5. The van der Waals surface area contributed by atoms with Crippen LogP contribution < -0.4 is 4.74 Å². The molecular formula is C10H5BrClN3O3. The molecule has 2 aromatic rings. The van der Waals surface area contributed by atoms with E-state index < -0.39 is 4.92 Å². The van der Waals surface area contributed by atoms with Gasteiger partial charge in [-0.3, -0.25) is 10.1 Å². The number of nitro groups is 1. The minimum atomic E-state index is -0.538. The summed E-state index contributed by atoms with van der Waals surface area (Å²) >= 11 is 8.73. The van der Waals surface area contributed by atoms with Crippen LogP contribution in [0.25, 0.3) is 0 Å². The smallest absolute Gasteiger partial charge is 0.312 e. The highest BCUT2D eigenvalue weighted by atomic mass is 79.9. The van der Waals surface area contributed by atoms with Crippen molar-refractivity contribution in [3.8, 4) is 11.6 Å². The summed E-state index contributed by atoms with van der Waals surface area (Å²) in [7, 11) is 0. The lowest BCUT2D eigenvalue weighted by Gasteiger charge is -2.04. The zero-order valence-corrected chi connectivity index (χ0v) is 11.1. The highest BCUT2D eigenvalue weighted by Gasteiger charge is 2.16. The van der Waals surface area contributed by atoms with E-state index in [1.807, 2.05) is 0 Å². The highest BCUT2D eigenvalue weighted by Crippen LogP contribution is 2.32. The fourth-order valence-electron chi connectivity index (χ4n) is 1.19. The molecule has 1 heterocycles. The van der Waals surface area contributed by atoms with Crippen molar-refractivity contribution in [2.75, 3.05) is 0 Å². The van der Waals surface area contributed by atoms with Gasteiger partial charge in [-0.15, -0.1) is 10.2 Å². The van der Waals surface area contributed by atoms with E-state index in [2.05, 4.69) is 26.1 Å². The molecule has 0 N–H and O–H groups in total. The van der Waals surface area contributed by atoms with E-state index in [0.717, 1.165) is 0 Å². The van der Waals surface area contributed by atoms with Crippen LogP contribution in [-0.2, 0) is 0 Å². The maximum atomic E-state index is 10.9. The fourth-order valence-corrected chi connectivity index (χ4v) is 1.64. The third kappa shape index (κ3) is 2.93. The molecule has 1 aromatic carbocycles. The minimum Gasteiger partial charge on any atom is -0.430 e. The molecule has 0 atom stereocenters. The van der Waals surface area contributed by atoms with E-state index in [-0.39, 0.29) is 22.5 Å². The molecule has 0 aliphatic rings. The molecule has 2 rings (SSSR count). The van der Waals surface area contributed by atoms with E-state index in [1.54, 1.807) is 6.07 Å². The largest absolute Gasteiger partial charge is 0.430 e. The number of nitro benzene ring substituents is 1. The van der Waals surface area contributed by atoms with Gasteiger partial charge in [0.1, 0.15) is 0 Å². The minimum absolute atomic E-state index is 0.0832. The van der Waals surface area contributed by atoms with Gasteiger partial charge < -0.3 is 4.74 Å². The molecule has 6 nitrogen and oxygen atoms in total. The predicted octanol–water partition coefficient (Wildman–Crippen LogP) is 3.59. The van der Waals surface area contributed by atoms with Gasteiger partial charge in [0.25, 0.3) is 0 Å². The monoisotopic (exact) mass is 329 g/mol. The van der Waals surface area contributed by atoms with E-state index in [9.17, 15) is 10.1 Å². The van der Waals surface area contributed by atoms with Gasteiger partial charge in [0.2, 0.25) is 11.6 Å². The van der Waals surface area contributed by atoms with Crippen LogP contribution in [0, 0.1) is 10.1 Å². The maximum absolute atomic E-state index is 10.9. The van der Waals surface area contributed by atoms with Crippen LogP contribution >= 0.6 is 27.5 Å². The van der Waals surface area contributed by atoms with Crippen LogP contribution in [0.3, 0.4) is 0 Å². The molecule has 0 bridgehead atoms. The fraction of sp³-hybridized carbons (Fsp3) is 0. The molecule has 0 saturated carbocycles. The molecule has 0 amide bonds. The normalized spacial score (nSPS) is 10.1. The Labute approximate surface area is 115 Å². The van der Waals surface area contributed by atoms with Crippen molar-refractivity contribution >= 4 is 33.2 Å². The van der Waals surface area contributed by atoms with Crippen molar-refractivity contribution in [3.05, 3.63) is 50.1 Å². The standard InChI is InChI=1S/C10H5BrClN3O3/c11-6-1-2-8(7(5-6)15(16)17)18-10-4-3-9(12)13-14-10/h1-5H. The second-order valence-electron chi connectivity index (χ2n) is 3.17. The molecule has 1 aromatic heterocycles. The molecule has 0 aliphatic carbocycles. The predicted molar refractivity (Wildman–Crippen MR) is 67.9 cm³/mol. The number of halogens is 2. The highest BCUT2D eigenvalue weighted by molar-refractivity contribution is 9.10. The molecule has 0 spiro atoms. The second kappa shape index (κ2) is 5.28. The van der Waals surface area contributed by atoms with E-state index in [0.29, 0.717) is 4.47 Å². The van der Waals surface area contributed by atoms with Gasteiger partial charge in [-0.1, -0.05) is 27.5 Å². The van der Waals surface area contributed by atoms with Crippen molar-refractivity contribution in [2.24, 2.45) is 0 Å². The second-order valence-corrected chi connectivity index (χ2v) is 4.47. The summed E-state index contributed by atoms with van der Waals surface area (Å²) in [5.74, 6) is 0.213. The number of hydrogen-bond donors (Lipinski definition) is 0. The Kier molecular flexibility index (Phi) is 3.73. The molecule has 92 valence electrons. The molecule has 0 aliphatic heterocycles. The summed E-state index contributed by atoms with van der Waals surface area (Å²) in [4.78, 5) is 10.3. The lowest BCUT2D eigenvalue weighted by atomic mass is 10.3. The molecule has 0 unspecified atom stereocenters. The van der Waals surface area contributed by atoms with Gasteiger partial charge in [0.05, 0.1) is 4.92 Å². The van der Waals surface area contributed by atoms with Crippen LogP contribution in [0.5, 0.6) is 11.6 Å². The number of rotatable bonds is 3. The Morgan fingerprint density at radius 1 is 1.28 bits per heavy atom. The van der Waals surface area contributed by atoms with Crippen molar-refractivity contribution in [1.82, 2.24) is 10.2 Å². The summed E-state index contributed by atoms with van der Waals surface area (Å²) < 4.78 is 5.87. The quantitative estimate of drug-likeness (QED) is 0.635. The average molecular weight is 331 g/mol. The molecule has 18 heavy (non-hydrogen) atoms. The van der Waals surface area contributed by atoms with E-state index >= 15 is 0 Å². The number of nitrogens with zero attached hydrogens (tertiary/aromatic N) is 3. The van der Waals surface area contributed by atoms with Gasteiger partial charge in [-0.25, -0.2) is 0 Å². The maximum Gasteiger partial charge on any atom is 0.312 e. The van der Waals surface area contributed by atoms with Crippen molar-refractivity contribution in [3.63, 3.8) is 0 Å². The first-order valence-corrected chi connectivity index (χ1v) is 5.84. The summed E-state index contributed by atoms with van der Waals surface area (Å²) in [5.41, 5.74) is -0.166. The Balaban J connectivity index is 2.34. The summed E-state index contributed by atoms with van der Waals surface area (Å²) in [5, 5.41) is 18.3. The van der Waals surface area contributed by atoms with Gasteiger partial charge in [-0.05, 0) is 18.2 Å². The number of ether oxygens (including phenoxy) is 1. The van der Waals surface area contributed by atoms with Gasteiger partial charge in [0, 0.05) is 16.6 Å². The Morgan fingerprint density at radius 2 is 2.06 bits per heavy atom. The Morgan fingerprint density at radius 3 is 2.67 bits per heavy atom. The third-order valence-corrected chi connectivity index (χ3v) is 2.63. The van der Waals surface area contributed by atoms with E-state index in [1.165, 1.54) is 24.3 Å². The van der Waals surface area contributed by atoms with Crippen LogP contribution in [0.4, 0.5) is 5.69 Å². The lowest BCUT2D eigenvalue weighted by molar-refractivity contribution is -0.385. The lowest BCUT2D eigenvalue weighted by Crippen LogP contribution is -1.95. The summed E-state index contributed by atoms with van der Waals surface area (Å²) in [6.45, 7) is 0. The molecule has 0 radical (unpaired) electrons. The topological polar surface area (TPSA) is 78.2 Å². The van der Waals surface area contributed by atoms with Crippen LogP contribution in [0.2, 0.25) is 5.15 Å². The zero-order valence-electron chi connectivity index (χ0n) is 8.71. The van der Waals surface area contributed by atoms with Crippen molar-refractivity contribution < 1.29 is 9.66 Å². The molecule has 0 saturated heterocycles. The van der Waals surface area contributed by atoms with Gasteiger partial charge >= 0.3 is 5.69 Å². The number of aromatic nitrogens is 2. The Bertz CT molecular complexity index is 591. The molecular weight excluding hydrogens is 325 g/mol. The van der Waals surface area contributed by atoms with Gasteiger partial charge in [0.15, 0.2) is 5.15 Å². The van der Waals surface area contributed by atoms with Crippen molar-refractivity contribution in [1.29, 1.82) is 0 Å². The first-order chi connectivity index (χ1) is 8.56. The molecule has 0 fully saturated rings. The summed E-state index contributed by atoms with van der Waals surface area (Å²) in [6.07, 6.45) is 0. The first-order valence-electron chi connectivity index (χ1n) is 4.67. The zero-order chi connectivity index (χ0) is 13.1. The number of benzene rings is 1. The van der Waals surface area contributed by atoms with Crippen LogP contribution in [0.1, 0.15) is 0 Å². The Hall–Kier alpha value is -1.73. The summed E-state index contributed by atoms with van der Waals surface area (Å²) in [6, 6.07) is 7.40. The molecule has 8 heteroatoms. The van der Waals surface area contributed by atoms with Crippen molar-refractivity contribution in [2.45, 2.75) is 0 Å². The SMILES string of the molecule is O=[N+]([O-])c1cc(Br)ccc1Oc1ccc(Cl)nn1. The van der Waals surface area contributed by atoms with Gasteiger partial charge in [-0.2, -0.15) is 0 Å². The average Bonchev–Trinajstić information content (AvgIpc) is 2.34. The van der Waals surface area contributed by atoms with E-state index in [4.69, 9.17) is 16.3 Å². The first kappa shape index (κ1) is 12.7. The van der Waals surface area contributed by atoms with Crippen LogP contribution in [-0.4, -0.2) is 15.1 Å². The third-order valence-electron chi connectivity index (χ3n) is 1.94.